The summed E-state index contributed by atoms with van der Waals surface area (Å²) in [6.45, 7) is 4.43. The number of ether oxygens (including phenoxy) is 1. The number of carbonyl (C=O) groups excluding carboxylic acids is 2. The van der Waals surface area contributed by atoms with Crippen molar-refractivity contribution in [1.82, 2.24) is 14.4 Å². The number of anilines is 1. The topological polar surface area (TPSA) is 87.0 Å². The number of hydrogen-bond acceptors (Lipinski definition) is 4. The van der Waals surface area contributed by atoms with Crippen LogP contribution in [0.1, 0.15) is 29.9 Å². The monoisotopic (exact) mass is 572 g/mol. The van der Waals surface area contributed by atoms with Crippen molar-refractivity contribution in [2.24, 2.45) is 13.0 Å². The Morgan fingerprint density at radius 3 is 2.64 bits per heavy atom. The number of aromatic nitrogens is 1. The molecule has 0 fully saturated rings. The molecule has 0 saturated heterocycles. The smallest absolute Gasteiger partial charge is 0.321 e. The zero-order valence-corrected chi connectivity index (χ0v) is 24.4. The van der Waals surface area contributed by atoms with Gasteiger partial charge in [0.2, 0.25) is 0 Å². The molecule has 1 aliphatic rings. The number of nitrogens with one attached hydrogen (secondary N) is 1. The second kappa shape index (κ2) is 12.3. The predicted molar refractivity (Wildman–Crippen MR) is 162 cm³/mol. The Hall–Kier alpha value is -4.21. The molecule has 0 spiro atoms. The summed E-state index contributed by atoms with van der Waals surface area (Å²) >= 11 is 0. The molecule has 4 aromatic rings. The highest BCUT2D eigenvalue weighted by Crippen LogP contribution is 2.38. The molecule has 42 heavy (non-hydrogen) atoms. The summed E-state index contributed by atoms with van der Waals surface area (Å²) in [5.74, 6) is -0.813. The molecule has 5 rings (SSSR count). The number of nitrogens with zero attached hydrogens (tertiary/aromatic N) is 3. The molecule has 1 aromatic heterocycles. The maximum Gasteiger partial charge on any atom is 0.321 e. The fraction of sp³-hybridized carbons (Fsp3) is 0.333. The highest BCUT2D eigenvalue weighted by molar-refractivity contribution is 6.10. The minimum atomic E-state index is -0.448. The quantitative estimate of drug-likeness (QED) is 0.330. The summed E-state index contributed by atoms with van der Waals surface area (Å²) in [6, 6.07) is 20.7. The molecule has 2 heterocycles. The van der Waals surface area contributed by atoms with Crippen LogP contribution >= 0.6 is 0 Å². The SMILES string of the molecule is C[C@@H]1CN([C@@H](C)CO)C(=O)c2c(c3ccccc3n2C)-c2ccccc2CO[C@H]1CN(C)C(=O)Nc1cccc(F)c1. The van der Waals surface area contributed by atoms with Gasteiger partial charge >= 0.3 is 6.03 Å². The molecule has 3 amide bonds. The molecule has 0 unspecified atom stereocenters. The number of urea groups is 1. The zero-order valence-electron chi connectivity index (χ0n) is 24.4. The van der Waals surface area contributed by atoms with E-state index >= 15 is 0 Å². The summed E-state index contributed by atoms with van der Waals surface area (Å²) in [7, 11) is 3.56. The van der Waals surface area contributed by atoms with Crippen molar-refractivity contribution in [3.63, 3.8) is 0 Å². The standard InChI is InChI=1S/C33H37FN4O4/c1-21-17-38(22(2)19-39)32(40)31-30(27-14-7-8-15-28(27)37(31)4)26-13-6-5-10-23(26)20-42-29(21)18-36(3)33(41)35-25-12-9-11-24(34)16-25/h5-16,21-22,29,39H,17-20H2,1-4H3,(H,35,41)/t21-,22+,29+/m1/s1. The molecule has 3 atom stereocenters. The molecule has 0 saturated carbocycles. The number of fused-ring (bicyclic) bond motifs is 5. The van der Waals surface area contributed by atoms with Gasteiger partial charge in [-0.05, 0) is 42.3 Å². The zero-order chi connectivity index (χ0) is 30.0. The molecule has 1 aliphatic heterocycles. The summed E-state index contributed by atoms with van der Waals surface area (Å²) in [4.78, 5) is 30.7. The average molecular weight is 573 g/mol. The van der Waals surface area contributed by atoms with Gasteiger partial charge in [0, 0.05) is 55.3 Å². The third-order valence-electron chi connectivity index (χ3n) is 8.10. The van der Waals surface area contributed by atoms with Crippen molar-refractivity contribution in [3.05, 3.63) is 89.9 Å². The van der Waals surface area contributed by atoms with Crippen LogP contribution in [0.4, 0.5) is 14.9 Å². The third kappa shape index (κ3) is 5.75. The summed E-state index contributed by atoms with van der Waals surface area (Å²) in [6.07, 6.45) is -0.444. The number of aliphatic hydroxyl groups excluding tert-OH is 1. The second-order valence-corrected chi connectivity index (χ2v) is 11.1. The number of aryl methyl sites for hydroxylation is 1. The van der Waals surface area contributed by atoms with Gasteiger partial charge in [-0.2, -0.15) is 0 Å². The Bertz CT molecular complexity index is 1600. The molecule has 0 aliphatic carbocycles. The molecule has 8 nitrogen and oxygen atoms in total. The van der Waals surface area contributed by atoms with Crippen molar-refractivity contribution in [2.75, 3.05) is 32.1 Å². The van der Waals surface area contributed by atoms with Gasteiger partial charge in [-0.25, -0.2) is 9.18 Å². The highest BCUT2D eigenvalue weighted by Gasteiger charge is 2.34. The van der Waals surface area contributed by atoms with E-state index in [0.717, 1.165) is 27.6 Å². The maximum absolute atomic E-state index is 14.4. The van der Waals surface area contributed by atoms with Crippen LogP contribution in [0.15, 0.2) is 72.8 Å². The van der Waals surface area contributed by atoms with Crippen molar-refractivity contribution in [2.45, 2.75) is 32.6 Å². The largest absolute Gasteiger partial charge is 0.394 e. The number of carbonyl (C=O) groups is 2. The van der Waals surface area contributed by atoms with Gasteiger partial charge in [0.25, 0.3) is 5.91 Å². The fourth-order valence-corrected chi connectivity index (χ4v) is 5.66. The van der Waals surface area contributed by atoms with Crippen LogP contribution in [-0.4, -0.2) is 70.3 Å². The fourth-order valence-electron chi connectivity index (χ4n) is 5.66. The molecule has 2 N–H and O–H groups in total. The Morgan fingerprint density at radius 2 is 1.88 bits per heavy atom. The number of halogens is 1. The van der Waals surface area contributed by atoms with Gasteiger partial charge in [0.05, 0.1) is 25.4 Å². The van der Waals surface area contributed by atoms with E-state index < -0.39 is 24.0 Å². The second-order valence-electron chi connectivity index (χ2n) is 11.1. The van der Waals surface area contributed by atoms with Crippen molar-refractivity contribution in [1.29, 1.82) is 0 Å². The lowest BCUT2D eigenvalue weighted by molar-refractivity contribution is -0.0179. The van der Waals surface area contributed by atoms with Crippen LogP contribution in [0.5, 0.6) is 0 Å². The molecule has 9 heteroatoms. The number of hydrogen-bond donors (Lipinski definition) is 2. The first-order chi connectivity index (χ1) is 20.2. The minimum Gasteiger partial charge on any atom is -0.394 e. The van der Waals surface area contributed by atoms with Gasteiger partial charge in [-0.1, -0.05) is 55.5 Å². The van der Waals surface area contributed by atoms with Crippen LogP contribution in [0, 0.1) is 11.7 Å². The highest BCUT2D eigenvalue weighted by atomic mass is 19.1. The van der Waals surface area contributed by atoms with E-state index in [1.807, 2.05) is 74.0 Å². The Labute approximate surface area is 245 Å². The van der Waals surface area contributed by atoms with Crippen molar-refractivity contribution < 1.29 is 23.8 Å². The van der Waals surface area contributed by atoms with Crippen LogP contribution in [0.25, 0.3) is 22.0 Å². The maximum atomic E-state index is 14.4. The Balaban J connectivity index is 1.53. The first-order valence-corrected chi connectivity index (χ1v) is 14.2. The number of para-hydroxylation sites is 1. The molecule has 220 valence electrons. The van der Waals surface area contributed by atoms with E-state index in [1.165, 1.54) is 23.1 Å². The Morgan fingerprint density at radius 1 is 1.14 bits per heavy atom. The van der Waals surface area contributed by atoms with Gasteiger partial charge < -0.3 is 29.5 Å². The number of amides is 3. The summed E-state index contributed by atoms with van der Waals surface area (Å²) < 4.78 is 22.1. The molecule has 0 bridgehead atoms. The number of likely N-dealkylation sites (N-methyl/N-ethyl adjacent to an activating group) is 1. The third-order valence-corrected chi connectivity index (χ3v) is 8.10. The van der Waals surface area contributed by atoms with Crippen molar-refractivity contribution >= 4 is 28.5 Å². The Kier molecular flexibility index (Phi) is 8.61. The molecular formula is C33H37FN4O4. The normalized spacial score (nSPS) is 18.1. The lowest BCUT2D eigenvalue weighted by Gasteiger charge is -2.35. The van der Waals surface area contributed by atoms with Gasteiger partial charge in [0.1, 0.15) is 11.5 Å². The minimum absolute atomic E-state index is 0.176. The van der Waals surface area contributed by atoms with Crippen LogP contribution in [-0.2, 0) is 18.4 Å². The van der Waals surface area contributed by atoms with E-state index in [4.69, 9.17) is 4.74 Å². The molecule has 0 radical (unpaired) electrons. The first-order valence-electron chi connectivity index (χ1n) is 14.2. The number of aliphatic hydroxyl groups is 1. The van der Waals surface area contributed by atoms with Gasteiger partial charge in [-0.15, -0.1) is 0 Å². The van der Waals surface area contributed by atoms with E-state index in [1.54, 1.807) is 18.0 Å². The average Bonchev–Trinajstić information content (AvgIpc) is 3.28. The van der Waals surface area contributed by atoms with Gasteiger partial charge in [-0.3, -0.25) is 4.79 Å². The van der Waals surface area contributed by atoms with Crippen LogP contribution in [0.2, 0.25) is 0 Å². The lowest BCUT2D eigenvalue weighted by Crippen LogP contribution is -2.48. The predicted octanol–water partition coefficient (Wildman–Crippen LogP) is 5.51. The first kappa shape index (κ1) is 29.3. The van der Waals surface area contributed by atoms with Crippen molar-refractivity contribution in [3.8, 4) is 11.1 Å². The van der Waals surface area contributed by atoms with E-state index in [-0.39, 0.29) is 31.6 Å². The van der Waals surface area contributed by atoms with E-state index in [9.17, 15) is 19.1 Å². The van der Waals surface area contributed by atoms with E-state index in [0.29, 0.717) is 17.9 Å². The summed E-state index contributed by atoms with van der Waals surface area (Å²) in [5.41, 5.74) is 4.52. The van der Waals surface area contributed by atoms with Crippen LogP contribution < -0.4 is 5.32 Å². The molecular weight excluding hydrogens is 535 g/mol. The van der Waals surface area contributed by atoms with E-state index in [2.05, 4.69) is 5.32 Å². The van der Waals surface area contributed by atoms with Gasteiger partial charge in [0.15, 0.2) is 0 Å². The number of rotatable bonds is 5. The lowest BCUT2D eigenvalue weighted by atomic mass is 9.96. The molecule has 3 aromatic carbocycles. The number of benzene rings is 3. The van der Waals surface area contributed by atoms with Crippen LogP contribution in [0.3, 0.4) is 0 Å². The summed E-state index contributed by atoms with van der Waals surface area (Å²) in [5, 5.41) is 13.9.